The van der Waals surface area contributed by atoms with Crippen molar-refractivity contribution in [2.24, 2.45) is 0 Å². The summed E-state index contributed by atoms with van der Waals surface area (Å²) in [5.74, 6) is 1.31. The lowest BCUT2D eigenvalue weighted by molar-refractivity contribution is -0.127. The van der Waals surface area contributed by atoms with E-state index in [0.29, 0.717) is 5.75 Å². The van der Waals surface area contributed by atoms with Crippen LogP contribution in [0, 0.1) is 13.8 Å². The number of aryl methyl sites for hydroxylation is 2. The molecule has 24 heavy (non-hydrogen) atoms. The Morgan fingerprint density at radius 2 is 1.67 bits per heavy atom. The molecule has 0 aliphatic carbocycles. The van der Waals surface area contributed by atoms with Gasteiger partial charge in [0.15, 0.2) is 6.10 Å². The molecule has 1 amide bonds. The average Bonchev–Trinajstić information content (AvgIpc) is 2.53. The third kappa shape index (κ3) is 4.51. The average molecular weight is 327 g/mol. The first-order chi connectivity index (χ1) is 11.4. The molecule has 4 nitrogen and oxygen atoms in total. The second-order valence-corrected chi connectivity index (χ2v) is 6.06. The van der Waals surface area contributed by atoms with E-state index in [4.69, 9.17) is 9.47 Å². The number of benzene rings is 2. The fraction of sp³-hybridized carbons (Fsp3) is 0.350. The molecule has 0 saturated carbocycles. The molecule has 2 aromatic carbocycles. The second kappa shape index (κ2) is 7.86. The van der Waals surface area contributed by atoms with Crippen LogP contribution in [0.2, 0.25) is 0 Å². The molecule has 4 heteroatoms. The molecule has 0 aromatic heterocycles. The number of para-hydroxylation sites is 1. The van der Waals surface area contributed by atoms with Crippen LogP contribution in [-0.2, 0) is 4.79 Å². The summed E-state index contributed by atoms with van der Waals surface area (Å²) in [5, 5.41) is 2.98. The summed E-state index contributed by atoms with van der Waals surface area (Å²) in [5.41, 5.74) is 3.16. The van der Waals surface area contributed by atoms with Gasteiger partial charge in [0.2, 0.25) is 0 Å². The Kier molecular flexibility index (Phi) is 5.85. The highest BCUT2D eigenvalue weighted by Crippen LogP contribution is 2.24. The van der Waals surface area contributed by atoms with Gasteiger partial charge in [0.05, 0.1) is 13.2 Å². The monoisotopic (exact) mass is 327 g/mol. The molecule has 0 aliphatic heterocycles. The second-order valence-electron chi connectivity index (χ2n) is 6.06. The standard InChI is InChI=1S/C20H25NO3/c1-13-10-14(2)12-17(11-13)24-16(4)20(22)21-15(3)18-8-6-7-9-19(18)23-5/h6-12,15-16H,1-5H3,(H,21,22)/t15-,16+/m1/s1. The van der Waals surface area contributed by atoms with E-state index in [1.54, 1.807) is 14.0 Å². The minimum absolute atomic E-state index is 0.160. The Hall–Kier alpha value is -2.49. The van der Waals surface area contributed by atoms with Crippen molar-refractivity contribution in [3.05, 3.63) is 59.2 Å². The van der Waals surface area contributed by atoms with Crippen LogP contribution in [0.15, 0.2) is 42.5 Å². The number of ether oxygens (including phenoxy) is 2. The highest BCUT2D eigenvalue weighted by atomic mass is 16.5. The topological polar surface area (TPSA) is 47.6 Å². The van der Waals surface area contributed by atoms with Crippen molar-refractivity contribution in [1.29, 1.82) is 0 Å². The molecule has 2 aromatic rings. The molecule has 2 rings (SSSR count). The highest BCUT2D eigenvalue weighted by molar-refractivity contribution is 5.81. The molecule has 0 aliphatic rings. The van der Waals surface area contributed by atoms with E-state index >= 15 is 0 Å². The van der Waals surface area contributed by atoms with Crippen LogP contribution < -0.4 is 14.8 Å². The Balaban J connectivity index is 2.03. The van der Waals surface area contributed by atoms with Crippen molar-refractivity contribution >= 4 is 5.91 Å². The molecule has 0 heterocycles. The Labute approximate surface area is 143 Å². The number of amides is 1. The first-order valence-corrected chi connectivity index (χ1v) is 8.09. The van der Waals surface area contributed by atoms with Crippen LogP contribution in [0.25, 0.3) is 0 Å². The van der Waals surface area contributed by atoms with Crippen molar-refractivity contribution in [2.45, 2.75) is 39.8 Å². The molecule has 0 fully saturated rings. The summed E-state index contributed by atoms with van der Waals surface area (Å²) in [4.78, 5) is 12.4. The maximum Gasteiger partial charge on any atom is 0.261 e. The summed E-state index contributed by atoms with van der Waals surface area (Å²) in [6.07, 6.45) is -0.580. The van der Waals surface area contributed by atoms with E-state index in [1.165, 1.54) is 0 Å². The van der Waals surface area contributed by atoms with Crippen LogP contribution in [0.1, 0.15) is 36.6 Å². The fourth-order valence-corrected chi connectivity index (χ4v) is 2.69. The minimum atomic E-state index is -0.580. The maximum absolute atomic E-state index is 12.4. The van der Waals surface area contributed by atoms with E-state index in [2.05, 4.69) is 11.4 Å². The van der Waals surface area contributed by atoms with Crippen LogP contribution in [-0.4, -0.2) is 19.1 Å². The van der Waals surface area contributed by atoms with Gasteiger partial charge in [0, 0.05) is 5.56 Å². The Bertz CT molecular complexity index is 692. The van der Waals surface area contributed by atoms with Crippen molar-refractivity contribution in [2.75, 3.05) is 7.11 Å². The molecule has 0 saturated heterocycles. The number of rotatable bonds is 6. The summed E-state index contributed by atoms with van der Waals surface area (Å²) >= 11 is 0. The van der Waals surface area contributed by atoms with E-state index in [-0.39, 0.29) is 11.9 Å². The minimum Gasteiger partial charge on any atom is -0.496 e. The molecular weight excluding hydrogens is 302 g/mol. The van der Waals surface area contributed by atoms with Gasteiger partial charge in [-0.25, -0.2) is 0 Å². The third-order valence-electron chi connectivity index (χ3n) is 3.84. The summed E-state index contributed by atoms with van der Waals surface area (Å²) in [7, 11) is 1.62. The lowest BCUT2D eigenvalue weighted by Gasteiger charge is -2.20. The fourth-order valence-electron chi connectivity index (χ4n) is 2.69. The molecule has 1 N–H and O–H groups in total. The van der Waals surface area contributed by atoms with Crippen LogP contribution >= 0.6 is 0 Å². The van der Waals surface area contributed by atoms with Gasteiger partial charge in [0.25, 0.3) is 5.91 Å². The molecule has 0 bridgehead atoms. The van der Waals surface area contributed by atoms with Crippen molar-refractivity contribution in [1.82, 2.24) is 5.32 Å². The van der Waals surface area contributed by atoms with Gasteiger partial charge in [0.1, 0.15) is 11.5 Å². The van der Waals surface area contributed by atoms with E-state index in [1.807, 2.05) is 57.2 Å². The first kappa shape index (κ1) is 17.9. The Morgan fingerprint density at radius 1 is 1.04 bits per heavy atom. The number of carbonyl (C=O) groups excluding carboxylic acids is 1. The molecule has 128 valence electrons. The molecule has 0 radical (unpaired) electrons. The number of hydrogen-bond acceptors (Lipinski definition) is 3. The molecule has 0 unspecified atom stereocenters. The summed E-state index contributed by atoms with van der Waals surface area (Å²) in [6.45, 7) is 7.70. The van der Waals surface area contributed by atoms with Gasteiger partial charge in [-0.15, -0.1) is 0 Å². The lowest BCUT2D eigenvalue weighted by Crippen LogP contribution is -2.37. The van der Waals surface area contributed by atoms with Gasteiger partial charge in [-0.05, 0) is 57.0 Å². The largest absolute Gasteiger partial charge is 0.496 e. The predicted octanol–water partition coefficient (Wildman–Crippen LogP) is 3.96. The zero-order valence-electron chi connectivity index (χ0n) is 14.9. The number of nitrogens with one attached hydrogen (secondary N) is 1. The molecular formula is C20H25NO3. The van der Waals surface area contributed by atoms with Gasteiger partial charge in [-0.2, -0.15) is 0 Å². The van der Waals surface area contributed by atoms with Gasteiger partial charge in [-0.1, -0.05) is 24.3 Å². The first-order valence-electron chi connectivity index (χ1n) is 8.09. The smallest absolute Gasteiger partial charge is 0.261 e. The summed E-state index contributed by atoms with van der Waals surface area (Å²) < 4.78 is 11.1. The number of carbonyl (C=O) groups is 1. The zero-order chi connectivity index (χ0) is 17.7. The maximum atomic E-state index is 12.4. The predicted molar refractivity (Wildman–Crippen MR) is 95.6 cm³/mol. The number of hydrogen-bond donors (Lipinski definition) is 1. The normalized spacial score (nSPS) is 13.0. The van der Waals surface area contributed by atoms with Gasteiger partial charge >= 0.3 is 0 Å². The molecule has 2 atom stereocenters. The quantitative estimate of drug-likeness (QED) is 0.874. The van der Waals surface area contributed by atoms with Crippen LogP contribution in [0.4, 0.5) is 0 Å². The SMILES string of the molecule is COc1ccccc1[C@@H](C)NC(=O)[C@H](C)Oc1cc(C)cc(C)c1. The van der Waals surface area contributed by atoms with E-state index in [0.717, 1.165) is 22.4 Å². The Morgan fingerprint density at radius 3 is 2.29 bits per heavy atom. The van der Waals surface area contributed by atoms with Crippen molar-refractivity contribution < 1.29 is 14.3 Å². The molecule has 0 spiro atoms. The van der Waals surface area contributed by atoms with Crippen molar-refractivity contribution in [3.8, 4) is 11.5 Å². The zero-order valence-corrected chi connectivity index (χ0v) is 14.9. The van der Waals surface area contributed by atoms with Gasteiger partial charge in [-0.3, -0.25) is 4.79 Å². The number of methoxy groups -OCH3 is 1. The van der Waals surface area contributed by atoms with E-state index < -0.39 is 6.10 Å². The third-order valence-corrected chi connectivity index (χ3v) is 3.84. The highest BCUT2D eigenvalue weighted by Gasteiger charge is 2.19. The van der Waals surface area contributed by atoms with Crippen LogP contribution in [0.3, 0.4) is 0 Å². The van der Waals surface area contributed by atoms with Gasteiger partial charge < -0.3 is 14.8 Å². The van der Waals surface area contributed by atoms with Crippen molar-refractivity contribution in [3.63, 3.8) is 0 Å². The summed E-state index contributed by atoms with van der Waals surface area (Å²) in [6, 6.07) is 13.4. The van der Waals surface area contributed by atoms with E-state index in [9.17, 15) is 4.79 Å². The van der Waals surface area contributed by atoms with Crippen LogP contribution in [0.5, 0.6) is 11.5 Å². The lowest BCUT2D eigenvalue weighted by atomic mass is 10.1.